The van der Waals surface area contributed by atoms with E-state index < -0.39 is 0 Å². The number of H-pyrrole nitrogens is 1. The number of hydrogen-bond acceptors (Lipinski definition) is 1. The Kier molecular flexibility index (Phi) is 1.36. The van der Waals surface area contributed by atoms with Gasteiger partial charge in [-0.05, 0) is 18.6 Å². The third kappa shape index (κ3) is 0.906. The number of fused-ring (bicyclic) bond motifs is 1. The second kappa shape index (κ2) is 2.24. The molecule has 0 aliphatic carbocycles. The Bertz CT molecular complexity index is 392. The van der Waals surface area contributed by atoms with Crippen molar-refractivity contribution in [1.29, 1.82) is 0 Å². The monoisotopic (exact) mass is 166 g/mol. The number of rotatable bonds is 0. The van der Waals surface area contributed by atoms with E-state index in [0.29, 0.717) is 5.15 Å². The van der Waals surface area contributed by atoms with Crippen molar-refractivity contribution in [2.24, 2.45) is 0 Å². The highest BCUT2D eigenvalue weighted by Crippen LogP contribution is 2.21. The second-order valence-electron chi connectivity index (χ2n) is 2.48. The van der Waals surface area contributed by atoms with Crippen LogP contribution in [0.15, 0.2) is 18.5 Å². The molecule has 0 amide bonds. The molecule has 2 nitrogen and oxygen atoms in total. The first kappa shape index (κ1) is 6.68. The Hall–Kier alpha value is -1.02. The molecule has 0 bridgehead atoms. The summed E-state index contributed by atoms with van der Waals surface area (Å²) in [6.45, 7) is 1.96. The van der Waals surface area contributed by atoms with Crippen LogP contribution in [0.4, 0.5) is 0 Å². The molecule has 0 aromatic carbocycles. The van der Waals surface area contributed by atoms with E-state index in [9.17, 15) is 0 Å². The van der Waals surface area contributed by atoms with Gasteiger partial charge in [-0.15, -0.1) is 0 Å². The number of pyridine rings is 1. The molecule has 2 aromatic rings. The predicted octanol–water partition coefficient (Wildman–Crippen LogP) is 2.52. The fraction of sp³-hybridized carbons (Fsp3) is 0.125. The molecule has 2 rings (SSSR count). The molecule has 0 unspecified atom stereocenters. The van der Waals surface area contributed by atoms with E-state index in [1.54, 1.807) is 6.20 Å². The summed E-state index contributed by atoms with van der Waals surface area (Å²) in [6.07, 6.45) is 3.63. The topological polar surface area (TPSA) is 28.7 Å². The van der Waals surface area contributed by atoms with Crippen molar-refractivity contribution < 1.29 is 0 Å². The van der Waals surface area contributed by atoms with E-state index in [4.69, 9.17) is 11.6 Å². The lowest BCUT2D eigenvalue weighted by molar-refractivity contribution is 1.29. The molecule has 11 heavy (non-hydrogen) atoms. The van der Waals surface area contributed by atoms with E-state index in [1.165, 1.54) is 0 Å². The van der Waals surface area contributed by atoms with Gasteiger partial charge >= 0.3 is 0 Å². The summed E-state index contributed by atoms with van der Waals surface area (Å²) in [7, 11) is 0. The number of aryl methyl sites for hydroxylation is 1. The maximum Gasteiger partial charge on any atom is 0.132 e. The Labute approximate surface area is 69.2 Å². The highest BCUT2D eigenvalue weighted by atomic mass is 35.5. The predicted molar refractivity (Wildman–Crippen MR) is 45.8 cm³/mol. The third-order valence-electron chi connectivity index (χ3n) is 1.80. The molecule has 2 aromatic heterocycles. The smallest absolute Gasteiger partial charge is 0.132 e. The van der Waals surface area contributed by atoms with Crippen molar-refractivity contribution in [3.63, 3.8) is 0 Å². The van der Waals surface area contributed by atoms with Crippen LogP contribution in [0.2, 0.25) is 5.15 Å². The summed E-state index contributed by atoms with van der Waals surface area (Å²) < 4.78 is 0. The molecular weight excluding hydrogens is 160 g/mol. The van der Waals surface area contributed by atoms with Crippen molar-refractivity contribution in [1.82, 2.24) is 9.97 Å². The summed E-state index contributed by atoms with van der Waals surface area (Å²) in [5.74, 6) is 0. The number of aromatic nitrogens is 2. The van der Waals surface area contributed by atoms with Gasteiger partial charge in [0.05, 0.1) is 11.7 Å². The van der Waals surface area contributed by atoms with E-state index in [-0.39, 0.29) is 0 Å². The van der Waals surface area contributed by atoms with E-state index in [1.807, 2.05) is 19.2 Å². The first-order chi connectivity index (χ1) is 5.29. The third-order valence-corrected chi connectivity index (χ3v) is 2.18. The van der Waals surface area contributed by atoms with Crippen LogP contribution in [0, 0.1) is 6.92 Å². The molecule has 0 spiro atoms. The molecule has 0 saturated carbocycles. The summed E-state index contributed by atoms with van der Waals surface area (Å²) >= 11 is 5.82. The van der Waals surface area contributed by atoms with Crippen molar-refractivity contribution in [2.45, 2.75) is 6.92 Å². The zero-order chi connectivity index (χ0) is 7.84. The highest BCUT2D eigenvalue weighted by molar-refractivity contribution is 6.31. The quantitative estimate of drug-likeness (QED) is 0.599. The molecule has 0 atom stereocenters. The van der Waals surface area contributed by atoms with Gasteiger partial charge in [-0.1, -0.05) is 11.6 Å². The molecule has 0 aliphatic heterocycles. The van der Waals surface area contributed by atoms with Crippen molar-refractivity contribution in [3.8, 4) is 0 Å². The first-order valence-electron chi connectivity index (χ1n) is 3.37. The average Bonchev–Trinajstić information content (AvgIpc) is 2.45. The standard InChI is InChI=1S/C8H7ClN2/c1-5-6-2-3-10-7(6)4-11-8(5)9/h2-4,10H,1H3. The molecule has 2 heterocycles. The number of nitrogens with one attached hydrogen (secondary N) is 1. The molecule has 56 valence electrons. The van der Waals surface area contributed by atoms with Gasteiger partial charge in [-0.25, -0.2) is 4.98 Å². The number of halogens is 1. The lowest BCUT2D eigenvalue weighted by Gasteiger charge is -1.96. The summed E-state index contributed by atoms with van der Waals surface area (Å²) in [5.41, 5.74) is 2.07. The molecule has 1 N–H and O–H groups in total. The van der Waals surface area contributed by atoms with Gasteiger partial charge in [0.2, 0.25) is 0 Å². The first-order valence-corrected chi connectivity index (χ1v) is 3.75. The molecule has 0 radical (unpaired) electrons. The molecule has 0 aliphatic rings. The summed E-state index contributed by atoms with van der Waals surface area (Å²) in [5, 5.41) is 1.72. The van der Waals surface area contributed by atoms with Crippen LogP contribution in [-0.2, 0) is 0 Å². The lowest BCUT2D eigenvalue weighted by atomic mass is 10.2. The van der Waals surface area contributed by atoms with Gasteiger partial charge in [0.1, 0.15) is 5.15 Å². The Morgan fingerprint density at radius 3 is 3.18 bits per heavy atom. The summed E-state index contributed by atoms with van der Waals surface area (Å²) in [6, 6.07) is 2.00. The van der Waals surface area contributed by atoms with Crippen LogP contribution in [0.25, 0.3) is 10.9 Å². The SMILES string of the molecule is Cc1c(Cl)ncc2[nH]ccc12. The fourth-order valence-electron chi connectivity index (χ4n) is 1.15. The minimum absolute atomic E-state index is 0.581. The minimum atomic E-state index is 0.581. The van der Waals surface area contributed by atoms with E-state index in [2.05, 4.69) is 9.97 Å². The summed E-state index contributed by atoms with van der Waals surface area (Å²) in [4.78, 5) is 7.08. The van der Waals surface area contributed by atoms with Gasteiger partial charge in [0.25, 0.3) is 0 Å². The van der Waals surface area contributed by atoms with Gasteiger partial charge in [-0.3, -0.25) is 0 Å². The van der Waals surface area contributed by atoms with Gasteiger partial charge in [0.15, 0.2) is 0 Å². The van der Waals surface area contributed by atoms with E-state index >= 15 is 0 Å². The van der Waals surface area contributed by atoms with E-state index in [0.717, 1.165) is 16.5 Å². The Morgan fingerprint density at radius 1 is 1.55 bits per heavy atom. The Morgan fingerprint density at radius 2 is 2.36 bits per heavy atom. The van der Waals surface area contributed by atoms with Crippen LogP contribution in [0.3, 0.4) is 0 Å². The second-order valence-corrected chi connectivity index (χ2v) is 2.84. The van der Waals surface area contributed by atoms with Crippen LogP contribution in [0.1, 0.15) is 5.56 Å². The largest absolute Gasteiger partial charge is 0.360 e. The lowest BCUT2D eigenvalue weighted by Crippen LogP contribution is -1.81. The van der Waals surface area contributed by atoms with Gasteiger partial charge < -0.3 is 4.98 Å². The normalized spacial score (nSPS) is 10.7. The zero-order valence-corrected chi connectivity index (χ0v) is 6.81. The maximum absolute atomic E-state index is 5.82. The fourth-order valence-corrected chi connectivity index (χ4v) is 1.30. The highest BCUT2D eigenvalue weighted by Gasteiger charge is 2.01. The average molecular weight is 167 g/mol. The van der Waals surface area contributed by atoms with Gasteiger partial charge in [0, 0.05) is 11.6 Å². The van der Waals surface area contributed by atoms with Crippen molar-refractivity contribution in [3.05, 3.63) is 29.2 Å². The van der Waals surface area contributed by atoms with Crippen molar-refractivity contribution in [2.75, 3.05) is 0 Å². The van der Waals surface area contributed by atoms with Crippen LogP contribution in [0.5, 0.6) is 0 Å². The maximum atomic E-state index is 5.82. The number of nitrogens with zero attached hydrogens (tertiary/aromatic N) is 1. The van der Waals surface area contributed by atoms with Crippen molar-refractivity contribution >= 4 is 22.5 Å². The number of aromatic amines is 1. The molecule has 0 saturated heterocycles. The zero-order valence-electron chi connectivity index (χ0n) is 6.06. The van der Waals surface area contributed by atoms with Crippen LogP contribution >= 0.6 is 11.6 Å². The molecular formula is C8H7ClN2. The van der Waals surface area contributed by atoms with Crippen LogP contribution < -0.4 is 0 Å². The van der Waals surface area contributed by atoms with Gasteiger partial charge in [-0.2, -0.15) is 0 Å². The minimum Gasteiger partial charge on any atom is -0.360 e. The van der Waals surface area contributed by atoms with Crippen LogP contribution in [-0.4, -0.2) is 9.97 Å². The molecule has 0 fully saturated rings. The number of hydrogen-bond donors (Lipinski definition) is 1. The Balaban J connectivity index is 2.93. The molecule has 3 heteroatoms.